The lowest BCUT2D eigenvalue weighted by Crippen LogP contribution is -2.01. The van der Waals surface area contributed by atoms with Crippen LogP contribution in [-0.2, 0) is 14.3 Å². The zero-order valence-corrected chi connectivity index (χ0v) is 16.1. The van der Waals surface area contributed by atoms with E-state index in [1.165, 1.54) is 89.5 Å². The molecule has 1 aliphatic rings. The summed E-state index contributed by atoms with van der Waals surface area (Å²) in [5.74, 6) is -1.03. The van der Waals surface area contributed by atoms with Crippen LogP contribution in [0.5, 0.6) is 0 Å². The van der Waals surface area contributed by atoms with Gasteiger partial charge in [0.1, 0.15) is 0 Å². The Morgan fingerprint density at radius 1 is 0.760 bits per heavy atom. The Hall–Kier alpha value is -1.38. The van der Waals surface area contributed by atoms with E-state index >= 15 is 0 Å². The number of carbonyl (C=O) groups excluding carboxylic acids is 2. The molecule has 1 heterocycles. The van der Waals surface area contributed by atoms with Crippen LogP contribution in [0.25, 0.3) is 0 Å². The van der Waals surface area contributed by atoms with Gasteiger partial charge < -0.3 is 4.74 Å². The number of hydrogen-bond donors (Lipinski definition) is 0. The SMILES string of the molecule is CCCCCCCCCCCCCCCC=CCC1=CC(=O)OC1=O. The van der Waals surface area contributed by atoms with E-state index in [0.717, 1.165) is 6.42 Å². The fraction of sp³-hybridized carbons (Fsp3) is 0.727. The summed E-state index contributed by atoms with van der Waals surface area (Å²) in [5, 5.41) is 0. The van der Waals surface area contributed by atoms with Crippen molar-refractivity contribution in [2.45, 2.75) is 103 Å². The van der Waals surface area contributed by atoms with Crippen LogP contribution in [-0.4, -0.2) is 11.9 Å². The highest BCUT2D eigenvalue weighted by molar-refractivity contribution is 6.08. The molecule has 0 saturated heterocycles. The molecular formula is C22H36O3. The van der Waals surface area contributed by atoms with Crippen molar-refractivity contribution < 1.29 is 14.3 Å². The molecular weight excluding hydrogens is 312 g/mol. The first-order valence-corrected chi connectivity index (χ1v) is 10.4. The van der Waals surface area contributed by atoms with E-state index in [0.29, 0.717) is 12.0 Å². The van der Waals surface area contributed by atoms with Gasteiger partial charge in [0.2, 0.25) is 0 Å². The van der Waals surface area contributed by atoms with Gasteiger partial charge in [-0.1, -0.05) is 96.1 Å². The summed E-state index contributed by atoms with van der Waals surface area (Å²) in [6.45, 7) is 2.27. The predicted molar refractivity (Wildman–Crippen MR) is 103 cm³/mol. The summed E-state index contributed by atoms with van der Waals surface area (Å²) in [6.07, 6.45) is 24.7. The number of ether oxygens (including phenoxy) is 1. The maximum absolute atomic E-state index is 11.2. The van der Waals surface area contributed by atoms with E-state index in [4.69, 9.17) is 0 Å². The Kier molecular flexibility index (Phi) is 12.9. The minimum absolute atomic E-state index is 0.464. The average molecular weight is 349 g/mol. The van der Waals surface area contributed by atoms with Crippen LogP contribution in [0.15, 0.2) is 23.8 Å². The molecule has 0 unspecified atom stereocenters. The third-order valence-electron chi connectivity index (χ3n) is 4.73. The number of hydrogen-bond acceptors (Lipinski definition) is 3. The van der Waals surface area contributed by atoms with E-state index < -0.39 is 11.9 Å². The van der Waals surface area contributed by atoms with Crippen molar-refractivity contribution in [2.24, 2.45) is 0 Å². The second kappa shape index (κ2) is 14.9. The van der Waals surface area contributed by atoms with Crippen molar-refractivity contribution in [3.05, 3.63) is 23.8 Å². The summed E-state index contributed by atoms with van der Waals surface area (Å²) in [7, 11) is 0. The molecule has 1 aliphatic heterocycles. The number of cyclic esters (lactones) is 2. The van der Waals surface area contributed by atoms with Gasteiger partial charge >= 0.3 is 11.9 Å². The highest BCUT2D eigenvalue weighted by Crippen LogP contribution is 2.14. The van der Waals surface area contributed by atoms with Gasteiger partial charge in [0.05, 0.1) is 0 Å². The smallest absolute Gasteiger partial charge is 0.342 e. The Morgan fingerprint density at radius 3 is 1.76 bits per heavy atom. The molecule has 3 nitrogen and oxygen atoms in total. The lowest BCUT2D eigenvalue weighted by molar-refractivity contribution is -0.150. The van der Waals surface area contributed by atoms with E-state index in [1.54, 1.807) is 0 Å². The molecule has 0 aromatic carbocycles. The molecule has 0 aromatic rings. The number of esters is 2. The largest absolute Gasteiger partial charge is 0.386 e. The Balaban J connectivity index is 1.80. The van der Waals surface area contributed by atoms with Crippen molar-refractivity contribution >= 4 is 11.9 Å². The molecule has 0 amide bonds. The molecule has 3 heteroatoms. The second-order valence-corrected chi connectivity index (χ2v) is 7.08. The van der Waals surface area contributed by atoms with Crippen molar-refractivity contribution in [1.29, 1.82) is 0 Å². The van der Waals surface area contributed by atoms with Gasteiger partial charge in [-0.05, 0) is 19.3 Å². The van der Waals surface area contributed by atoms with Crippen molar-refractivity contribution in [3.63, 3.8) is 0 Å². The predicted octanol–water partition coefficient (Wildman–Crippen LogP) is 6.42. The minimum Gasteiger partial charge on any atom is -0.386 e. The average Bonchev–Trinajstić information content (AvgIpc) is 2.92. The Morgan fingerprint density at radius 2 is 1.28 bits per heavy atom. The lowest BCUT2D eigenvalue weighted by Gasteiger charge is -2.02. The molecule has 142 valence electrons. The molecule has 0 fully saturated rings. The highest BCUT2D eigenvalue weighted by Gasteiger charge is 2.21. The van der Waals surface area contributed by atoms with Crippen LogP contribution in [0.4, 0.5) is 0 Å². The standard InChI is InChI=1S/C22H36O3/c1-2-3-4-5-6-7-8-9-10-11-12-13-14-15-16-17-18-20-19-21(23)25-22(20)24/h16-17,19H,2-15,18H2,1H3. The van der Waals surface area contributed by atoms with Gasteiger partial charge in [0, 0.05) is 11.6 Å². The quantitative estimate of drug-likeness (QED) is 0.140. The van der Waals surface area contributed by atoms with Crippen molar-refractivity contribution in [1.82, 2.24) is 0 Å². The Labute approximate surface area is 153 Å². The first kappa shape index (κ1) is 21.7. The van der Waals surface area contributed by atoms with Gasteiger partial charge in [-0.3, -0.25) is 0 Å². The third-order valence-corrected chi connectivity index (χ3v) is 4.73. The number of rotatable bonds is 16. The number of carbonyl (C=O) groups is 2. The first-order valence-electron chi connectivity index (χ1n) is 10.4. The topological polar surface area (TPSA) is 43.4 Å². The highest BCUT2D eigenvalue weighted by atomic mass is 16.6. The van der Waals surface area contributed by atoms with Crippen LogP contribution in [0.1, 0.15) is 103 Å². The molecule has 0 aliphatic carbocycles. The van der Waals surface area contributed by atoms with Gasteiger partial charge in [0.25, 0.3) is 0 Å². The summed E-state index contributed by atoms with van der Waals surface area (Å²) in [5.41, 5.74) is 0.464. The lowest BCUT2D eigenvalue weighted by atomic mass is 10.0. The molecule has 1 rings (SSSR count). The maximum Gasteiger partial charge on any atom is 0.342 e. The van der Waals surface area contributed by atoms with E-state index in [2.05, 4.69) is 17.7 Å². The number of unbranched alkanes of at least 4 members (excludes halogenated alkanes) is 13. The summed E-state index contributed by atoms with van der Waals surface area (Å²) in [4.78, 5) is 22.1. The number of allylic oxidation sites excluding steroid dienone is 2. The molecule has 0 N–H and O–H groups in total. The van der Waals surface area contributed by atoms with Crippen molar-refractivity contribution in [3.8, 4) is 0 Å². The molecule has 0 aromatic heterocycles. The summed E-state index contributed by atoms with van der Waals surface area (Å²) < 4.78 is 4.45. The third kappa shape index (κ3) is 11.7. The Bertz CT molecular complexity index is 435. The molecule has 0 atom stereocenters. The van der Waals surface area contributed by atoms with Gasteiger partial charge in [-0.2, -0.15) is 0 Å². The minimum atomic E-state index is -0.537. The van der Waals surface area contributed by atoms with E-state index in [-0.39, 0.29) is 0 Å². The van der Waals surface area contributed by atoms with Crippen LogP contribution in [0, 0.1) is 0 Å². The maximum atomic E-state index is 11.2. The van der Waals surface area contributed by atoms with Gasteiger partial charge in [-0.15, -0.1) is 0 Å². The molecule has 0 saturated carbocycles. The van der Waals surface area contributed by atoms with Crippen LogP contribution >= 0.6 is 0 Å². The normalized spacial score (nSPS) is 14.4. The fourth-order valence-corrected chi connectivity index (χ4v) is 3.14. The summed E-state index contributed by atoms with van der Waals surface area (Å²) >= 11 is 0. The monoisotopic (exact) mass is 348 g/mol. The van der Waals surface area contributed by atoms with Gasteiger partial charge in [0.15, 0.2) is 0 Å². The van der Waals surface area contributed by atoms with Crippen LogP contribution < -0.4 is 0 Å². The molecule has 0 spiro atoms. The zero-order chi connectivity index (χ0) is 18.2. The molecule has 0 bridgehead atoms. The van der Waals surface area contributed by atoms with Crippen molar-refractivity contribution in [2.75, 3.05) is 0 Å². The van der Waals surface area contributed by atoms with E-state index in [9.17, 15) is 9.59 Å². The zero-order valence-electron chi connectivity index (χ0n) is 16.1. The summed E-state index contributed by atoms with van der Waals surface area (Å²) in [6, 6.07) is 0. The first-order chi connectivity index (χ1) is 12.2. The van der Waals surface area contributed by atoms with Gasteiger partial charge in [-0.25, -0.2) is 9.59 Å². The molecule has 25 heavy (non-hydrogen) atoms. The van der Waals surface area contributed by atoms with Crippen LogP contribution in [0.2, 0.25) is 0 Å². The van der Waals surface area contributed by atoms with E-state index in [1.807, 2.05) is 6.08 Å². The molecule has 0 radical (unpaired) electrons. The fourth-order valence-electron chi connectivity index (χ4n) is 3.14. The van der Waals surface area contributed by atoms with Crippen LogP contribution in [0.3, 0.4) is 0 Å². The second-order valence-electron chi connectivity index (χ2n) is 7.08.